The van der Waals surface area contributed by atoms with E-state index in [9.17, 15) is 19.5 Å². The second-order valence-electron chi connectivity index (χ2n) is 13.1. The maximum absolute atomic E-state index is 13.3. The third-order valence-electron chi connectivity index (χ3n) is 10.0. The van der Waals surface area contributed by atoms with Gasteiger partial charge in [-0.25, -0.2) is 0 Å². The lowest BCUT2D eigenvalue weighted by atomic mass is 9.64. The number of methoxy groups -OCH3 is 1. The first-order valence-corrected chi connectivity index (χ1v) is 17.4. The number of unbranched alkanes of at least 4 members (excludes halogenated alkanes) is 12. The Kier molecular flexibility index (Phi) is 15.2. The van der Waals surface area contributed by atoms with Gasteiger partial charge in [-0.1, -0.05) is 89.7 Å². The number of carbonyl (C=O) groups excluding carboxylic acids is 3. The number of carboxylic acids is 1. The molecule has 3 heterocycles. The Morgan fingerprint density at radius 3 is 2.16 bits per heavy atom. The van der Waals surface area contributed by atoms with Crippen LogP contribution in [0.3, 0.4) is 0 Å². The predicted octanol–water partition coefficient (Wildman–Crippen LogP) is 6.03. The van der Waals surface area contributed by atoms with E-state index in [2.05, 4.69) is 6.58 Å². The van der Waals surface area contributed by atoms with Crippen molar-refractivity contribution >= 4 is 24.2 Å². The van der Waals surface area contributed by atoms with Gasteiger partial charge in [-0.15, -0.1) is 0 Å². The first-order chi connectivity index (χ1) is 21.3. The fraction of sp³-hybridized carbons (Fsp3) is 0.829. The van der Waals surface area contributed by atoms with Gasteiger partial charge in [0.2, 0.25) is 0 Å². The topological polar surface area (TPSA) is 118 Å². The standard InChI is InChI=1S/C35H58N2O7/c1-4-27-43-31(39)20-16-14-12-10-8-6-5-7-9-11-13-15-17-24-34(32(40)41)30-22-21-29(23-26-38)37(30)33(42-3)36-35(34)25-18-19-28(2)44-35/h4,26,28-30H,1,5-25,27H2,2-3H3,(H,40,41)/p-1/t28-,29+,30-,34+,35-/m1/s1. The fourth-order valence-corrected chi connectivity index (χ4v) is 7.81. The van der Waals surface area contributed by atoms with E-state index in [1.165, 1.54) is 44.9 Å². The Bertz CT molecular complexity index is 955. The lowest BCUT2D eigenvalue weighted by molar-refractivity contribution is -0.340. The van der Waals surface area contributed by atoms with Gasteiger partial charge in [0.15, 0.2) is 5.72 Å². The van der Waals surface area contributed by atoms with Crippen LogP contribution in [0.25, 0.3) is 0 Å². The maximum atomic E-state index is 13.3. The molecule has 3 aliphatic heterocycles. The summed E-state index contributed by atoms with van der Waals surface area (Å²) < 4.78 is 17.2. The van der Waals surface area contributed by atoms with Gasteiger partial charge in [0.05, 0.1) is 24.6 Å². The van der Waals surface area contributed by atoms with E-state index in [0.29, 0.717) is 44.7 Å². The van der Waals surface area contributed by atoms with Crippen molar-refractivity contribution in [3.63, 3.8) is 0 Å². The largest absolute Gasteiger partial charge is 0.549 e. The molecule has 0 N–H and O–H groups in total. The molecule has 3 aliphatic rings. The molecule has 44 heavy (non-hydrogen) atoms. The zero-order chi connectivity index (χ0) is 31.8. The first-order valence-electron chi connectivity index (χ1n) is 17.4. The van der Waals surface area contributed by atoms with Crippen LogP contribution in [0.1, 0.15) is 142 Å². The normalized spacial score (nSPS) is 27.9. The zero-order valence-corrected chi connectivity index (χ0v) is 27.4. The number of amidine groups is 1. The van der Waals surface area contributed by atoms with Crippen LogP contribution in [0.2, 0.25) is 0 Å². The van der Waals surface area contributed by atoms with E-state index in [4.69, 9.17) is 19.2 Å². The van der Waals surface area contributed by atoms with Crippen molar-refractivity contribution in [1.82, 2.24) is 4.90 Å². The van der Waals surface area contributed by atoms with Crippen LogP contribution in [0.5, 0.6) is 0 Å². The fourth-order valence-electron chi connectivity index (χ4n) is 7.81. The predicted molar refractivity (Wildman–Crippen MR) is 169 cm³/mol. The van der Waals surface area contributed by atoms with Crippen LogP contribution >= 0.6 is 0 Å². The van der Waals surface area contributed by atoms with Crippen LogP contribution in [-0.4, -0.2) is 66.8 Å². The molecule has 1 spiro atoms. The number of rotatable bonds is 21. The number of carboxylic acid groups (broad SMARTS) is 1. The van der Waals surface area contributed by atoms with Gasteiger partial charge in [0, 0.05) is 24.9 Å². The van der Waals surface area contributed by atoms with Crippen LogP contribution in [0.4, 0.5) is 0 Å². The smallest absolute Gasteiger partial charge is 0.306 e. The van der Waals surface area contributed by atoms with E-state index in [0.717, 1.165) is 64.1 Å². The van der Waals surface area contributed by atoms with E-state index >= 15 is 0 Å². The van der Waals surface area contributed by atoms with E-state index in [1.54, 1.807) is 13.2 Å². The van der Waals surface area contributed by atoms with Crippen LogP contribution in [-0.2, 0) is 28.6 Å². The Morgan fingerprint density at radius 2 is 1.61 bits per heavy atom. The summed E-state index contributed by atoms with van der Waals surface area (Å²) in [6, 6.07) is -0.0904. The van der Waals surface area contributed by atoms with Gasteiger partial charge in [-0.3, -0.25) is 4.79 Å². The first kappa shape index (κ1) is 36.1. The number of fused-ring (bicyclic) bond motifs is 1. The van der Waals surface area contributed by atoms with Crippen LogP contribution < -0.4 is 5.11 Å². The molecule has 0 saturated carbocycles. The molecule has 0 bridgehead atoms. The number of hydrogen-bond acceptors (Lipinski definition) is 9. The summed E-state index contributed by atoms with van der Waals surface area (Å²) in [4.78, 5) is 43.1. The molecule has 3 rings (SSSR count). The molecule has 0 radical (unpaired) electrons. The molecule has 250 valence electrons. The van der Waals surface area contributed by atoms with Crippen molar-refractivity contribution in [2.24, 2.45) is 10.4 Å². The Hall–Kier alpha value is -2.42. The summed E-state index contributed by atoms with van der Waals surface area (Å²) in [5.74, 6) is -1.22. The third kappa shape index (κ3) is 9.07. The summed E-state index contributed by atoms with van der Waals surface area (Å²) in [6.45, 7) is 5.84. The van der Waals surface area contributed by atoms with E-state index in [-0.39, 0.29) is 24.2 Å². The minimum atomic E-state index is -1.28. The molecule has 0 aliphatic carbocycles. The van der Waals surface area contributed by atoms with Crippen molar-refractivity contribution < 1.29 is 33.7 Å². The molecule has 2 saturated heterocycles. The molecular weight excluding hydrogens is 560 g/mol. The molecule has 9 heteroatoms. The molecule has 0 aromatic rings. The van der Waals surface area contributed by atoms with Gasteiger partial charge in [-0.2, -0.15) is 4.99 Å². The van der Waals surface area contributed by atoms with Crippen molar-refractivity contribution in [2.75, 3.05) is 13.7 Å². The minimum absolute atomic E-state index is 0.0961. The number of esters is 1. The Labute approximate surface area is 265 Å². The number of aliphatic carboxylic acids is 1. The summed E-state index contributed by atoms with van der Waals surface area (Å²) in [7, 11) is 1.56. The van der Waals surface area contributed by atoms with Crippen molar-refractivity contribution in [1.29, 1.82) is 0 Å². The molecule has 2 fully saturated rings. The number of aldehydes is 1. The molecule has 0 unspecified atom stereocenters. The van der Waals surface area contributed by atoms with Gasteiger partial charge < -0.3 is 33.8 Å². The molecule has 5 atom stereocenters. The molecule has 0 amide bonds. The van der Waals surface area contributed by atoms with Crippen molar-refractivity contribution in [3.8, 4) is 0 Å². The molecule has 9 nitrogen and oxygen atoms in total. The maximum Gasteiger partial charge on any atom is 0.306 e. The van der Waals surface area contributed by atoms with Crippen LogP contribution in [0.15, 0.2) is 17.6 Å². The lowest BCUT2D eigenvalue weighted by Crippen LogP contribution is -2.72. The van der Waals surface area contributed by atoms with E-state index in [1.807, 2.05) is 11.8 Å². The van der Waals surface area contributed by atoms with E-state index < -0.39 is 17.1 Å². The number of carbonyl (C=O) groups is 3. The summed E-state index contributed by atoms with van der Waals surface area (Å²) in [5.41, 5.74) is -2.49. The highest BCUT2D eigenvalue weighted by Crippen LogP contribution is 2.56. The average Bonchev–Trinajstić information content (AvgIpc) is 3.42. The highest BCUT2D eigenvalue weighted by Gasteiger charge is 2.65. The Morgan fingerprint density at radius 1 is 1.00 bits per heavy atom. The number of hydrogen-bond donors (Lipinski definition) is 0. The molecular formula is C35H57N2O7-. The Balaban J connectivity index is 1.41. The minimum Gasteiger partial charge on any atom is -0.549 e. The quantitative estimate of drug-likeness (QED) is 0.0664. The third-order valence-corrected chi connectivity index (χ3v) is 10.0. The monoisotopic (exact) mass is 617 g/mol. The van der Waals surface area contributed by atoms with Crippen molar-refractivity contribution in [2.45, 2.75) is 166 Å². The number of aliphatic imine (C=N–C) groups is 1. The van der Waals surface area contributed by atoms with Crippen LogP contribution in [0, 0.1) is 5.41 Å². The molecule has 0 aromatic heterocycles. The average molecular weight is 618 g/mol. The van der Waals surface area contributed by atoms with Gasteiger partial charge in [0.1, 0.15) is 12.9 Å². The summed E-state index contributed by atoms with van der Waals surface area (Å²) in [6.07, 6.45) is 21.8. The highest BCUT2D eigenvalue weighted by molar-refractivity contribution is 5.83. The molecule has 0 aromatic carbocycles. The van der Waals surface area contributed by atoms with Gasteiger partial charge in [0.25, 0.3) is 6.02 Å². The van der Waals surface area contributed by atoms with Crippen molar-refractivity contribution in [3.05, 3.63) is 12.7 Å². The summed E-state index contributed by atoms with van der Waals surface area (Å²) >= 11 is 0. The SMILES string of the molecule is C=CCOC(=O)CCCCCCCCCCCCCCC[C@@]1(C(=O)[O-])[C@H]2CC[C@@H](CC=O)N2C(OC)=N[C@@]12CCC[C@@H](C)O2. The number of nitrogens with zero attached hydrogens (tertiary/aromatic N) is 2. The zero-order valence-electron chi connectivity index (χ0n) is 27.4. The second kappa shape index (κ2) is 18.5. The second-order valence-corrected chi connectivity index (χ2v) is 13.1. The summed E-state index contributed by atoms with van der Waals surface area (Å²) in [5, 5.41) is 13.3. The highest BCUT2D eigenvalue weighted by atomic mass is 16.5. The number of ether oxygens (including phenoxy) is 3. The lowest BCUT2D eigenvalue weighted by Gasteiger charge is -2.59. The van der Waals surface area contributed by atoms with Gasteiger partial charge in [-0.05, 0) is 51.9 Å². The van der Waals surface area contributed by atoms with Gasteiger partial charge >= 0.3 is 5.97 Å².